The highest BCUT2D eigenvalue weighted by atomic mass is 35.5. The molecule has 1 saturated heterocycles. The lowest BCUT2D eigenvalue weighted by atomic mass is 9.91. The molecular weight excluding hydrogens is 343 g/mol. The molecule has 25 heavy (non-hydrogen) atoms. The molecule has 3 heterocycles. The predicted octanol–water partition coefficient (Wildman–Crippen LogP) is 3.13. The fraction of sp³-hybridized carbons (Fsp3) is 0.353. The Morgan fingerprint density at radius 1 is 1.32 bits per heavy atom. The minimum absolute atomic E-state index is 0.0522. The van der Waals surface area contributed by atoms with Crippen LogP contribution in [0.5, 0.6) is 0 Å². The Kier molecular flexibility index (Phi) is 3.85. The summed E-state index contributed by atoms with van der Waals surface area (Å²) in [5, 5.41) is 7.23. The number of halogens is 2. The lowest BCUT2D eigenvalue weighted by Gasteiger charge is -2.37. The maximum absolute atomic E-state index is 13.4. The molecular formula is C17H18ClFN6. The number of piperidine rings is 1. The largest absolute Gasteiger partial charge is 0.355 e. The third-order valence-corrected chi connectivity index (χ3v) is 4.97. The van der Waals surface area contributed by atoms with E-state index in [1.54, 1.807) is 12.3 Å². The number of anilines is 1. The summed E-state index contributed by atoms with van der Waals surface area (Å²) in [6.45, 7) is 3.78. The summed E-state index contributed by atoms with van der Waals surface area (Å²) in [7, 11) is 0. The number of nitrogens with one attached hydrogen (secondary N) is 1. The molecule has 3 N–H and O–H groups in total. The second-order valence-electron chi connectivity index (χ2n) is 6.77. The smallest absolute Gasteiger partial charge is 0.177 e. The number of fused-ring (bicyclic) bond motifs is 1. The minimum Gasteiger partial charge on any atom is -0.355 e. The van der Waals surface area contributed by atoms with Crippen LogP contribution in [0.2, 0.25) is 5.02 Å². The van der Waals surface area contributed by atoms with Crippen LogP contribution in [0.1, 0.15) is 19.8 Å². The summed E-state index contributed by atoms with van der Waals surface area (Å²) >= 11 is 5.87. The van der Waals surface area contributed by atoms with E-state index in [9.17, 15) is 4.39 Å². The van der Waals surface area contributed by atoms with Gasteiger partial charge in [-0.2, -0.15) is 5.10 Å². The van der Waals surface area contributed by atoms with Gasteiger partial charge in [0.1, 0.15) is 22.8 Å². The molecule has 1 aromatic carbocycles. The van der Waals surface area contributed by atoms with Crippen molar-refractivity contribution in [3.05, 3.63) is 35.2 Å². The summed E-state index contributed by atoms with van der Waals surface area (Å²) in [5.74, 6) is 0.339. The van der Waals surface area contributed by atoms with Crippen LogP contribution in [0, 0.1) is 5.82 Å². The molecule has 0 radical (unpaired) electrons. The standard InChI is InChI=1S/C17H18ClFN6/c1-17(20)4-6-25(7-5-17)13-9-21-15-14(23-24-16(15)22-13)10-2-3-12(19)11(18)8-10/h2-3,8-9H,4-7,20H2,1H3,(H,22,23,24). The van der Waals surface area contributed by atoms with Gasteiger partial charge in [-0.3, -0.25) is 5.10 Å². The molecule has 4 rings (SSSR count). The molecule has 1 fully saturated rings. The van der Waals surface area contributed by atoms with Crippen LogP contribution in [-0.4, -0.2) is 38.8 Å². The fourth-order valence-electron chi connectivity index (χ4n) is 3.04. The first-order valence-electron chi connectivity index (χ1n) is 8.13. The summed E-state index contributed by atoms with van der Waals surface area (Å²) < 4.78 is 13.4. The molecule has 1 aliphatic heterocycles. The molecule has 3 aromatic rings. The van der Waals surface area contributed by atoms with Gasteiger partial charge in [0.15, 0.2) is 5.65 Å². The SMILES string of the molecule is CC1(N)CCN(c2cnc3c(-c4ccc(F)c(Cl)c4)n[nH]c3n2)CC1. The van der Waals surface area contributed by atoms with Crippen molar-refractivity contribution < 1.29 is 4.39 Å². The highest BCUT2D eigenvalue weighted by molar-refractivity contribution is 6.31. The molecule has 2 aromatic heterocycles. The van der Waals surface area contributed by atoms with Crippen molar-refractivity contribution in [2.45, 2.75) is 25.3 Å². The molecule has 6 nitrogen and oxygen atoms in total. The third kappa shape index (κ3) is 3.05. The molecule has 0 saturated carbocycles. The van der Waals surface area contributed by atoms with Gasteiger partial charge in [-0.1, -0.05) is 11.6 Å². The van der Waals surface area contributed by atoms with Crippen LogP contribution in [0.25, 0.3) is 22.4 Å². The summed E-state index contributed by atoms with van der Waals surface area (Å²) in [6.07, 6.45) is 3.57. The topological polar surface area (TPSA) is 83.7 Å². The number of nitrogens with zero attached hydrogens (tertiary/aromatic N) is 4. The number of benzene rings is 1. The van der Waals surface area contributed by atoms with Crippen LogP contribution in [-0.2, 0) is 0 Å². The van der Waals surface area contributed by atoms with Crippen molar-refractivity contribution in [3.8, 4) is 11.3 Å². The van der Waals surface area contributed by atoms with Crippen LogP contribution >= 0.6 is 11.6 Å². The zero-order chi connectivity index (χ0) is 17.6. The highest BCUT2D eigenvalue weighted by Gasteiger charge is 2.27. The van der Waals surface area contributed by atoms with Gasteiger partial charge >= 0.3 is 0 Å². The lowest BCUT2D eigenvalue weighted by Crippen LogP contribution is -2.48. The molecule has 0 spiro atoms. The molecule has 0 bridgehead atoms. The summed E-state index contributed by atoms with van der Waals surface area (Å²) in [6, 6.07) is 4.48. The predicted molar refractivity (Wildman–Crippen MR) is 96.1 cm³/mol. The van der Waals surface area contributed by atoms with Crippen LogP contribution in [0.3, 0.4) is 0 Å². The van der Waals surface area contributed by atoms with Gasteiger partial charge in [0.05, 0.1) is 11.2 Å². The molecule has 0 atom stereocenters. The second-order valence-corrected chi connectivity index (χ2v) is 7.17. The molecule has 0 unspecified atom stereocenters. The lowest BCUT2D eigenvalue weighted by molar-refractivity contribution is 0.363. The van der Waals surface area contributed by atoms with E-state index in [2.05, 4.69) is 32.0 Å². The molecule has 0 amide bonds. The van der Waals surface area contributed by atoms with E-state index in [0.29, 0.717) is 22.4 Å². The van der Waals surface area contributed by atoms with Gasteiger partial charge in [-0.15, -0.1) is 0 Å². The monoisotopic (exact) mass is 360 g/mol. The maximum atomic E-state index is 13.4. The van der Waals surface area contributed by atoms with E-state index in [1.165, 1.54) is 12.1 Å². The highest BCUT2D eigenvalue weighted by Crippen LogP contribution is 2.29. The van der Waals surface area contributed by atoms with E-state index in [0.717, 1.165) is 31.7 Å². The number of hydrogen-bond acceptors (Lipinski definition) is 5. The minimum atomic E-state index is -0.462. The zero-order valence-electron chi connectivity index (χ0n) is 13.8. The van der Waals surface area contributed by atoms with Crippen LogP contribution in [0.15, 0.2) is 24.4 Å². The molecule has 130 valence electrons. The van der Waals surface area contributed by atoms with Crippen molar-refractivity contribution >= 4 is 28.6 Å². The Labute approximate surface area is 149 Å². The zero-order valence-corrected chi connectivity index (χ0v) is 14.5. The van der Waals surface area contributed by atoms with Gasteiger partial charge in [0.2, 0.25) is 0 Å². The Hall–Kier alpha value is -2.25. The molecule has 8 heteroatoms. The summed E-state index contributed by atoms with van der Waals surface area (Å²) in [5.41, 5.74) is 8.58. The van der Waals surface area contributed by atoms with Crippen molar-refractivity contribution in [2.75, 3.05) is 18.0 Å². The van der Waals surface area contributed by atoms with E-state index >= 15 is 0 Å². The van der Waals surface area contributed by atoms with Crippen LogP contribution in [0.4, 0.5) is 10.2 Å². The Balaban J connectivity index is 1.66. The first-order valence-corrected chi connectivity index (χ1v) is 8.51. The van der Waals surface area contributed by atoms with Crippen molar-refractivity contribution in [1.29, 1.82) is 0 Å². The van der Waals surface area contributed by atoms with Gasteiger partial charge < -0.3 is 10.6 Å². The van der Waals surface area contributed by atoms with Gasteiger partial charge in [-0.05, 0) is 38.0 Å². The van der Waals surface area contributed by atoms with Crippen molar-refractivity contribution in [1.82, 2.24) is 20.2 Å². The average molecular weight is 361 g/mol. The number of aromatic nitrogens is 4. The Bertz CT molecular complexity index is 928. The second kappa shape index (κ2) is 5.93. The first-order chi connectivity index (χ1) is 11.9. The van der Waals surface area contributed by atoms with Gasteiger partial charge in [-0.25, -0.2) is 14.4 Å². The normalized spacial score (nSPS) is 17.2. The van der Waals surface area contributed by atoms with Crippen molar-refractivity contribution in [2.24, 2.45) is 5.73 Å². The molecule has 1 aliphatic rings. The fourth-order valence-corrected chi connectivity index (χ4v) is 3.22. The van der Waals surface area contributed by atoms with Crippen molar-refractivity contribution in [3.63, 3.8) is 0 Å². The van der Waals surface area contributed by atoms with E-state index in [-0.39, 0.29) is 10.6 Å². The first kappa shape index (κ1) is 16.2. The average Bonchev–Trinajstić information content (AvgIpc) is 3.00. The van der Waals surface area contributed by atoms with E-state index in [1.807, 2.05) is 0 Å². The third-order valence-electron chi connectivity index (χ3n) is 4.68. The maximum Gasteiger partial charge on any atom is 0.177 e. The number of aromatic amines is 1. The number of hydrogen-bond donors (Lipinski definition) is 2. The molecule has 0 aliphatic carbocycles. The number of rotatable bonds is 2. The van der Waals surface area contributed by atoms with Gasteiger partial charge in [0, 0.05) is 24.2 Å². The Morgan fingerprint density at radius 3 is 2.80 bits per heavy atom. The summed E-state index contributed by atoms with van der Waals surface area (Å²) in [4.78, 5) is 11.3. The Morgan fingerprint density at radius 2 is 2.08 bits per heavy atom. The van der Waals surface area contributed by atoms with E-state index < -0.39 is 5.82 Å². The van der Waals surface area contributed by atoms with Gasteiger partial charge in [0.25, 0.3) is 0 Å². The van der Waals surface area contributed by atoms with Crippen LogP contribution < -0.4 is 10.6 Å². The quantitative estimate of drug-likeness (QED) is 0.733. The number of nitrogens with two attached hydrogens (primary N) is 1. The number of H-pyrrole nitrogens is 1. The van der Waals surface area contributed by atoms with E-state index in [4.69, 9.17) is 17.3 Å².